The normalized spacial score (nSPS) is 14.5. The van der Waals surface area contributed by atoms with Crippen LogP contribution in [0.2, 0.25) is 0 Å². The lowest BCUT2D eigenvalue weighted by molar-refractivity contribution is 0.759. The Morgan fingerprint density at radius 2 is 1.19 bits per heavy atom. The minimum Gasteiger partial charge on any atom is -0.257 e. The lowest BCUT2D eigenvalue weighted by atomic mass is 10.1. The van der Waals surface area contributed by atoms with Gasteiger partial charge in [0, 0.05) is 29.2 Å². The van der Waals surface area contributed by atoms with Gasteiger partial charge in [0.25, 0.3) is 0 Å². The van der Waals surface area contributed by atoms with E-state index in [1.165, 1.54) is 11.4 Å². The highest BCUT2D eigenvalue weighted by molar-refractivity contribution is 5.20. The number of nitrogens with zero attached hydrogens (tertiary/aromatic N) is 2. The van der Waals surface area contributed by atoms with Crippen LogP contribution in [-0.4, -0.2) is 9.97 Å². The van der Waals surface area contributed by atoms with Gasteiger partial charge in [0.1, 0.15) is 0 Å². The van der Waals surface area contributed by atoms with Gasteiger partial charge >= 0.3 is 0 Å². The lowest BCUT2D eigenvalue weighted by Crippen LogP contribution is -2.03. The smallest absolute Gasteiger partial charge is 0.0466 e. The summed E-state index contributed by atoms with van der Waals surface area (Å²) in [5.41, 5.74) is 4.68. The summed E-state index contributed by atoms with van der Waals surface area (Å²) >= 11 is 0. The molecule has 0 spiro atoms. The maximum atomic E-state index is 4.65. The Kier molecular flexibility index (Phi) is 2.41. The predicted molar refractivity (Wildman–Crippen MR) is 63.3 cm³/mol. The van der Waals surface area contributed by atoms with Crippen LogP contribution in [0.3, 0.4) is 0 Å². The molecule has 2 heteroatoms. The molecule has 3 rings (SSSR count). The molecule has 4 bridgehead atoms. The predicted octanol–water partition coefficient (Wildman–Crippen LogP) is 2.56. The summed E-state index contributed by atoms with van der Waals surface area (Å²) in [5, 5.41) is 0. The lowest BCUT2D eigenvalue weighted by Gasteiger charge is -2.09. The highest BCUT2D eigenvalue weighted by Gasteiger charge is 2.05. The molecule has 0 aromatic carbocycles. The van der Waals surface area contributed by atoms with Crippen LogP contribution in [0.5, 0.6) is 0 Å². The van der Waals surface area contributed by atoms with E-state index >= 15 is 0 Å². The van der Waals surface area contributed by atoms with E-state index in [1.807, 2.05) is 0 Å². The van der Waals surface area contributed by atoms with Crippen LogP contribution in [-0.2, 0) is 19.3 Å². The van der Waals surface area contributed by atoms with Gasteiger partial charge in [-0.2, -0.15) is 0 Å². The zero-order valence-corrected chi connectivity index (χ0v) is 9.19. The summed E-state index contributed by atoms with van der Waals surface area (Å²) in [6.07, 6.45) is 4.09. The van der Waals surface area contributed by atoms with Crippen molar-refractivity contribution in [3.05, 3.63) is 59.2 Å². The summed E-state index contributed by atoms with van der Waals surface area (Å²) in [6.45, 7) is 0. The molecule has 2 aromatic heterocycles. The average Bonchev–Trinajstić information content (AvgIpc) is 2.29. The monoisotopic (exact) mass is 210 g/mol. The molecule has 2 aromatic rings. The van der Waals surface area contributed by atoms with Crippen molar-refractivity contribution in [3.63, 3.8) is 0 Å². The second-order valence-corrected chi connectivity index (χ2v) is 4.27. The van der Waals surface area contributed by atoms with Crippen LogP contribution in [0.4, 0.5) is 0 Å². The third-order valence-electron chi connectivity index (χ3n) is 2.96. The van der Waals surface area contributed by atoms with Gasteiger partial charge in [-0.1, -0.05) is 12.1 Å². The Morgan fingerprint density at radius 1 is 0.688 bits per heavy atom. The number of rotatable bonds is 0. The first-order valence-corrected chi connectivity index (χ1v) is 5.80. The largest absolute Gasteiger partial charge is 0.257 e. The number of hydrogen-bond acceptors (Lipinski definition) is 2. The highest BCUT2D eigenvalue weighted by Crippen LogP contribution is 2.12. The summed E-state index contributed by atoms with van der Waals surface area (Å²) in [6, 6.07) is 12.6. The van der Waals surface area contributed by atoms with Crippen molar-refractivity contribution in [1.82, 2.24) is 9.97 Å². The molecule has 3 heterocycles. The Balaban J connectivity index is 2.03. The molecule has 16 heavy (non-hydrogen) atoms. The van der Waals surface area contributed by atoms with Gasteiger partial charge < -0.3 is 0 Å². The second kappa shape index (κ2) is 4.05. The molecule has 1 aliphatic heterocycles. The molecule has 0 atom stereocenters. The first-order chi connectivity index (χ1) is 7.90. The maximum absolute atomic E-state index is 4.65. The fourth-order valence-electron chi connectivity index (χ4n) is 2.17. The highest BCUT2D eigenvalue weighted by atomic mass is 14.8. The minimum absolute atomic E-state index is 0.849. The van der Waals surface area contributed by atoms with Gasteiger partial charge in [-0.05, 0) is 43.5 Å². The molecule has 0 amide bonds. The van der Waals surface area contributed by atoms with Gasteiger partial charge in [0.15, 0.2) is 0 Å². The first kappa shape index (κ1) is 9.52. The van der Waals surface area contributed by atoms with Crippen molar-refractivity contribution >= 4 is 0 Å². The number of aryl methyl sites for hydroxylation is 2. The van der Waals surface area contributed by atoms with E-state index in [4.69, 9.17) is 0 Å². The molecule has 2 nitrogen and oxygen atoms in total. The van der Waals surface area contributed by atoms with Gasteiger partial charge in [-0.25, -0.2) is 0 Å². The van der Waals surface area contributed by atoms with Crippen LogP contribution < -0.4 is 0 Å². The third-order valence-corrected chi connectivity index (χ3v) is 2.96. The van der Waals surface area contributed by atoms with E-state index in [9.17, 15) is 0 Å². The molecule has 1 aliphatic rings. The van der Waals surface area contributed by atoms with Crippen molar-refractivity contribution in [3.8, 4) is 0 Å². The first-order valence-electron chi connectivity index (χ1n) is 5.80. The average molecular weight is 210 g/mol. The quantitative estimate of drug-likeness (QED) is 0.668. The fraction of sp³-hybridized carbons (Fsp3) is 0.286. The Hall–Kier alpha value is -1.70. The van der Waals surface area contributed by atoms with E-state index in [0.717, 1.165) is 37.1 Å². The summed E-state index contributed by atoms with van der Waals surface area (Å²) in [7, 11) is 0. The molecular weight excluding hydrogens is 196 g/mol. The number of aromatic nitrogens is 2. The van der Waals surface area contributed by atoms with Crippen LogP contribution >= 0.6 is 0 Å². The second-order valence-electron chi connectivity index (χ2n) is 4.27. The van der Waals surface area contributed by atoms with Crippen LogP contribution in [0, 0.1) is 0 Å². The molecule has 0 radical (unpaired) electrons. The number of hydrogen-bond donors (Lipinski definition) is 0. The molecule has 80 valence electrons. The van der Waals surface area contributed by atoms with Crippen molar-refractivity contribution in [2.45, 2.75) is 25.7 Å². The number of pyridine rings is 2. The van der Waals surface area contributed by atoms with E-state index in [0.29, 0.717) is 0 Å². The standard InChI is InChI=1S/C14H14N2/c1-4-11-6-2-8-13(15-11)10-14-9-3-7-12(5-1)16-14/h2-3,6-9H,1,4-5,10H2. The molecule has 0 fully saturated rings. The summed E-state index contributed by atoms with van der Waals surface area (Å²) < 4.78 is 0. The molecular formula is C14H14N2. The van der Waals surface area contributed by atoms with Crippen molar-refractivity contribution in [2.24, 2.45) is 0 Å². The van der Waals surface area contributed by atoms with E-state index in [-0.39, 0.29) is 0 Å². The maximum Gasteiger partial charge on any atom is 0.0466 e. The Labute approximate surface area is 95.4 Å². The van der Waals surface area contributed by atoms with E-state index < -0.39 is 0 Å². The third kappa shape index (κ3) is 1.96. The van der Waals surface area contributed by atoms with Crippen molar-refractivity contribution in [1.29, 1.82) is 0 Å². The molecule has 0 saturated carbocycles. The molecule has 0 aliphatic carbocycles. The topological polar surface area (TPSA) is 25.8 Å². The summed E-state index contributed by atoms with van der Waals surface area (Å²) in [4.78, 5) is 9.29. The van der Waals surface area contributed by atoms with Gasteiger partial charge in [0.2, 0.25) is 0 Å². The van der Waals surface area contributed by atoms with Gasteiger partial charge in [-0.15, -0.1) is 0 Å². The molecule has 0 saturated heterocycles. The van der Waals surface area contributed by atoms with Gasteiger partial charge in [-0.3, -0.25) is 9.97 Å². The zero-order valence-electron chi connectivity index (χ0n) is 9.19. The van der Waals surface area contributed by atoms with Crippen LogP contribution in [0.25, 0.3) is 0 Å². The zero-order chi connectivity index (χ0) is 10.8. The fourth-order valence-corrected chi connectivity index (χ4v) is 2.17. The Morgan fingerprint density at radius 3 is 1.75 bits per heavy atom. The van der Waals surface area contributed by atoms with E-state index in [1.54, 1.807) is 0 Å². The molecule has 0 unspecified atom stereocenters. The van der Waals surface area contributed by atoms with Gasteiger partial charge in [0.05, 0.1) is 0 Å². The van der Waals surface area contributed by atoms with E-state index in [2.05, 4.69) is 46.4 Å². The van der Waals surface area contributed by atoms with Crippen LogP contribution in [0.15, 0.2) is 36.4 Å². The SMILES string of the molecule is c1cc2nc(c1)Cc1cccc(n1)CCC2. The van der Waals surface area contributed by atoms with Crippen molar-refractivity contribution < 1.29 is 0 Å². The Bertz CT molecular complexity index is 460. The molecule has 0 N–H and O–H groups in total. The van der Waals surface area contributed by atoms with Crippen molar-refractivity contribution in [2.75, 3.05) is 0 Å². The summed E-state index contributed by atoms with van der Waals surface area (Å²) in [5.74, 6) is 0. The van der Waals surface area contributed by atoms with Crippen LogP contribution in [0.1, 0.15) is 29.2 Å². The minimum atomic E-state index is 0.849. The number of fused-ring (bicyclic) bond motifs is 4.